The number of carbonyl (C=O) groups excluding carboxylic acids is 1. The summed E-state index contributed by atoms with van der Waals surface area (Å²) in [5, 5.41) is 8.96. The fourth-order valence-electron chi connectivity index (χ4n) is 1.18. The van der Waals surface area contributed by atoms with Gasteiger partial charge >= 0.3 is 0 Å². The van der Waals surface area contributed by atoms with Gasteiger partial charge in [-0.15, -0.1) is 0 Å². The molecule has 0 saturated heterocycles. The first kappa shape index (κ1) is 8.41. The lowest BCUT2D eigenvalue weighted by molar-refractivity contribution is 0.536. The van der Waals surface area contributed by atoms with Gasteiger partial charge < -0.3 is 5.11 Å². The number of aliphatic hydroxyl groups is 1. The molecular formula is C10H6N2O2. The van der Waals surface area contributed by atoms with E-state index in [1.165, 1.54) is 0 Å². The smallest absolute Gasteiger partial charge is 0.176 e. The third-order valence-corrected chi connectivity index (χ3v) is 1.82. The van der Waals surface area contributed by atoms with Crippen molar-refractivity contribution in [2.45, 2.75) is 0 Å². The van der Waals surface area contributed by atoms with Crippen LogP contribution in [-0.2, 0) is 4.79 Å². The van der Waals surface area contributed by atoms with Crippen LogP contribution in [0.3, 0.4) is 0 Å². The first-order chi connectivity index (χ1) is 6.85. The second kappa shape index (κ2) is 3.28. The Labute approximate surface area is 78.9 Å². The molecule has 4 nitrogen and oxygen atoms in total. The Balaban J connectivity index is 3.05. The molecule has 0 aliphatic heterocycles. The van der Waals surface area contributed by atoms with Crippen LogP contribution in [0.15, 0.2) is 24.3 Å². The molecule has 0 aliphatic carbocycles. The average molecular weight is 186 g/mol. The average Bonchev–Trinajstić information content (AvgIpc) is 2.27. The number of fused-ring (bicyclic) bond motifs is 1. The predicted octanol–water partition coefficient (Wildman–Crippen LogP) is -0.571. The Morgan fingerprint density at radius 3 is 2.43 bits per heavy atom. The lowest BCUT2D eigenvalue weighted by Crippen LogP contribution is -2.32. The van der Waals surface area contributed by atoms with Crippen molar-refractivity contribution in [3.05, 3.63) is 35.0 Å². The Kier molecular flexibility index (Phi) is 1.97. The zero-order valence-corrected chi connectivity index (χ0v) is 7.14. The molecule has 0 spiro atoms. The van der Waals surface area contributed by atoms with Gasteiger partial charge in [0.1, 0.15) is 11.6 Å². The highest BCUT2D eigenvalue weighted by molar-refractivity contribution is 5.73. The summed E-state index contributed by atoms with van der Waals surface area (Å²) >= 11 is 0. The Morgan fingerprint density at radius 2 is 1.86 bits per heavy atom. The van der Waals surface area contributed by atoms with Crippen molar-refractivity contribution in [3.63, 3.8) is 0 Å². The SMILES string of the molecule is O=C=c1nc2ccccc2nc1=CO. The number of aromatic nitrogens is 2. The minimum atomic E-state index is 0.0196. The minimum absolute atomic E-state index is 0.0196. The summed E-state index contributed by atoms with van der Waals surface area (Å²) in [6.07, 6.45) is 0.750. The first-order valence-corrected chi connectivity index (χ1v) is 3.97. The van der Waals surface area contributed by atoms with Gasteiger partial charge in [0.2, 0.25) is 0 Å². The molecule has 68 valence electrons. The van der Waals surface area contributed by atoms with Crippen molar-refractivity contribution in [3.8, 4) is 0 Å². The maximum Gasteiger partial charge on any atom is 0.176 e. The predicted molar refractivity (Wildman–Crippen MR) is 50.7 cm³/mol. The Morgan fingerprint density at radius 1 is 1.21 bits per heavy atom. The van der Waals surface area contributed by atoms with E-state index in [0.29, 0.717) is 11.0 Å². The van der Waals surface area contributed by atoms with Gasteiger partial charge in [0.05, 0.1) is 11.0 Å². The molecule has 0 aliphatic rings. The summed E-state index contributed by atoms with van der Waals surface area (Å²) in [6.45, 7) is 0. The van der Waals surface area contributed by atoms with Crippen LogP contribution in [0.2, 0.25) is 0 Å². The van der Waals surface area contributed by atoms with Gasteiger partial charge in [0.25, 0.3) is 0 Å². The van der Waals surface area contributed by atoms with Gasteiger partial charge in [-0.2, -0.15) is 0 Å². The normalized spacial score (nSPS) is 11.6. The molecule has 2 rings (SSSR count). The van der Waals surface area contributed by atoms with Crippen LogP contribution < -0.4 is 10.7 Å². The number of rotatable bonds is 0. The lowest BCUT2D eigenvalue weighted by atomic mass is 10.3. The molecule has 2 aromatic rings. The van der Waals surface area contributed by atoms with Crippen LogP contribution >= 0.6 is 0 Å². The second-order valence-electron chi connectivity index (χ2n) is 2.68. The van der Waals surface area contributed by atoms with Crippen LogP contribution in [-0.4, -0.2) is 21.0 Å². The van der Waals surface area contributed by atoms with Crippen molar-refractivity contribution in [2.75, 3.05) is 0 Å². The van der Waals surface area contributed by atoms with E-state index < -0.39 is 0 Å². The van der Waals surface area contributed by atoms with Gasteiger partial charge in [-0.05, 0) is 12.1 Å². The monoisotopic (exact) mass is 186 g/mol. The van der Waals surface area contributed by atoms with Crippen molar-refractivity contribution in [1.82, 2.24) is 9.97 Å². The maximum atomic E-state index is 10.5. The van der Waals surface area contributed by atoms with Crippen LogP contribution in [0.5, 0.6) is 0 Å². The highest BCUT2D eigenvalue weighted by Gasteiger charge is 1.96. The standard InChI is InChI=1S/C10H6N2O2/c13-5-9-10(6-14)12-8-4-2-1-3-7(8)11-9/h1-5,13H. The highest BCUT2D eigenvalue weighted by atomic mass is 16.2. The number of nitrogens with zero attached hydrogens (tertiary/aromatic N) is 2. The van der Waals surface area contributed by atoms with E-state index in [1.807, 2.05) is 6.07 Å². The van der Waals surface area contributed by atoms with Crippen LogP contribution in [0.1, 0.15) is 0 Å². The van der Waals surface area contributed by atoms with E-state index in [-0.39, 0.29) is 10.7 Å². The second-order valence-corrected chi connectivity index (χ2v) is 2.68. The molecular weight excluding hydrogens is 180 g/mol. The Hall–Kier alpha value is -2.19. The number of para-hydroxylation sites is 2. The fraction of sp³-hybridized carbons (Fsp3) is 0. The van der Waals surface area contributed by atoms with Crippen molar-refractivity contribution < 1.29 is 9.90 Å². The quantitative estimate of drug-likeness (QED) is 0.598. The van der Waals surface area contributed by atoms with E-state index in [2.05, 4.69) is 9.97 Å². The summed E-state index contributed by atoms with van der Waals surface area (Å²) in [6, 6.07) is 7.10. The van der Waals surface area contributed by atoms with Crippen molar-refractivity contribution >= 4 is 23.2 Å². The molecule has 0 atom stereocenters. The van der Waals surface area contributed by atoms with Gasteiger partial charge in [0.15, 0.2) is 11.3 Å². The number of benzene rings is 1. The summed E-state index contributed by atoms with van der Waals surface area (Å²) in [5.74, 6) is 1.62. The van der Waals surface area contributed by atoms with E-state index in [1.54, 1.807) is 24.1 Å². The molecule has 1 aromatic heterocycles. The number of hydrogen-bond acceptors (Lipinski definition) is 4. The zero-order chi connectivity index (χ0) is 9.97. The zero-order valence-electron chi connectivity index (χ0n) is 7.14. The van der Waals surface area contributed by atoms with Gasteiger partial charge in [0, 0.05) is 0 Å². The fourth-order valence-corrected chi connectivity index (χ4v) is 1.18. The topological polar surface area (TPSA) is 63.1 Å². The van der Waals surface area contributed by atoms with Gasteiger partial charge in [-0.3, -0.25) is 0 Å². The van der Waals surface area contributed by atoms with Crippen molar-refractivity contribution in [1.29, 1.82) is 0 Å². The molecule has 1 N–H and O–H groups in total. The summed E-state index contributed by atoms with van der Waals surface area (Å²) < 4.78 is 0. The molecule has 0 fully saturated rings. The lowest BCUT2D eigenvalue weighted by Gasteiger charge is -1.93. The molecule has 4 heteroatoms. The van der Waals surface area contributed by atoms with Gasteiger partial charge in [-0.25, -0.2) is 14.8 Å². The summed E-state index contributed by atoms with van der Waals surface area (Å²) in [7, 11) is 0. The molecule has 0 radical (unpaired) electrons. The number of aliphatic hydroxyl groups excluding tert-OH is 1. The number of hydrogen-bond donors (Lipinski definition) is 1. The van der Waals surface area contributed by atoms with Crippen LogP contribution in [0.25, 0.3) is 17.3 Å². The van der Waals surface area contributed by atoms with Crippen LogP contribution in [0, 0.1) is 0 Å². The van der Waals surface area contributed by atoms with Gasteiger partial charge in [-0.1, -0.05) is 12.1 Å². The maximum absolute atomic E-state index is 10.5. The van der Waals surface area contributed by atoms with E-state index in [0.717, 1.165) is 6.26 Å². The van der Waals surface area contributed by atoms with Crippen LogP contribution in [0.4, 0.5) is 0 Å². The molecule has 1 heterocycles. The molecule has 0 amide bonds. The Bertz CT molecular complexity index is 616. The molecule has 0 saturated carbocycles. The summed E-state index contributed by atoms with van der Waals surface area (Å²) in [4.78, 5) is 18.5. The molecule has 1 aromatic carbocycles. The highest BCUT2D eigenvalue weighted by Crippen LogP contribution is 2.01. The largest absolute Gasteiger partial charge is 0.513 e. The third-order valence-electron chi connectivity index (χ3n) is 1.82. The molecule has 14 heavy (non-hydrogen) atoms. The molecule has 0 bridgehead atoms. The van der Waals surface area contributed by atoms with E-state index in [9.17, 15) is 4.79 Å². The third kappa shape index (κ3) is 1.24. The minimum Gasteiger partial charge on any atom is -0.513 e. The summed E-state index contributed by atoms with van der Waals surface area (Å²) in [5.41, 5.74) is 1.24. The van der Waals surface area contributed by atoms with Crippen molar-refractivity contribution in [2.24, 2.45) is 0 Å². The first-order valence-electron chi connectivity index (χ1n) is 3.97. The van der Waals surface area contributed by atoms with E-state index in [4.69, 9.17) is 5.11 Å². The molecule has 0 unspecified atom stereocenters. The van der Waals surface area contributed by atoms with E-state index >= 15 is 0 Å².